The lowest BCUT2D eigenvalue weighted by molar-refractivity contribution is -0.140. The smallest absolute Gasteiger partial charge is 0.328 e. The Balaban J connectivity index is 2.64. The number of hydrogen-bond donors (Lipinski definition) is 4. The SMILES string of the molecule is CC([C@H]1CCN[C@H](C(=O)O)C1)P(=O)(O)O. The minimum Gasteiger partial charge on any atom is -0.480 e. The molecule has 3 atom stereocenters. The van der Waals surface area contributed by atoms with Crippen LogP contribution in [0.4, 0.5) is 0 Å². The lowest BCUT2D eigenvalue weighted by Crippen LogP contribution is -2.45. The van der Waals surface area contributed by atoms with Crippen LogP contribution in [0.5, 0.6) is 0 Å². The standard InChI is InChI=1S/C8H16NO5P/c1-5(15(12,13)14)6-2-3-9-7(4-6)8(10)11/h5-7,9H,2-4H2,1H3,(H,10,11)(H2,12,13,14)/t5?,6-,7-/m0/s1. The molecule has 0 radical (unpaired) electrons. The fraction of sp³-hybridized carbons (Fsp3) is 0.875. The van der Waals surface area contributed by atoms with Gasteiger partial charge in [-0.2, -0.15) is 0 Å². The first kappa shape index (κ1) is 12.6. The highest BCUT2D eigenvalue weighted by Crippen LogP contribution is 2.47. The molecule has 1 fully saturated rings. The molecule has 1 aliphatic heterocycles. The van der Waals surface area contributed by atoms with Crippen LogP contribution in [0.25, 0.3) is 0 Å². The molecular formula is C8H16NO5P. The van der Waals surface area contributed by atoms with E-state index in [0.717, 1.165) is 0 Å². The minimum absolute atomic E-state index is 0.229. The van der Waals surface area contributed by atoms with E-state index in [4.69, 9.17) is 14.9 Å². The zero-order valence-electron chi connectivity index (χ0n) is 8.46. The average molecular weight is 237 g/mol. The highest BCUT2D eigenvalue weighted by molar-refractivity contribution is 7.52. The Labute approximate surface area is 87.8 Å². The molecular weight excluding hydrogens is 221 g/mol. The van der Waals surface area contributed by atoms with Gasteiger partial charge in [-0.25, -0.2) is 0 Å². The van der Waals surface area contributed by atoms with Crippen molar-refractivity contribution in [2.24, 2.45) is 5.92 Å². The van der Waals surface area contributed by atoms with Gasteiger partial charge in [-0.05, 0) is 25.3 Å². The minimum atomic E-state index is -4.10. The fourth-order valence-corrected chi connectivity index (χ4v) is 2.67. The van der Waals surface area contributed by atoms with Gasteiger partial charge in [-0.15, -0.1) is 0 Å². The fourth-order valence-electron chi connectivity index (χ4n) is 1.85. The van der Waals surface area contributed by atoms with Crippen LogP contribution in [0, 0.1) is 5.92 Å². The van der Waals surface area contributed by atoms with Crippen LogP contribution in [-0.4, -0.2) is 39.1 Å². The molecule has 0 saturated carbocycles. The number of nitrogens with one attached hydrogen (secondary N) is 1. The summed E-state index contributed by atoms with van der Waals surface area (Å²) in [7, 11) is -4.10. The zero-order valence-corrected chi connectivity index (χ0v) is 9.35. The Hall–Kier alpha value is -0.420. The van der Waals surface area contributed by atoms with E-state index >= 15 is 0 Å². The summed E-state index contributed by atoms with van der Waals surface area (Å²) in [6.07, 6.45) is 0.887. The van der Waals surface area contributed by atoms with Gasteiger partial charge in [-0.3, -0.25) is 9.36 Å². The molecule has 1 aliphatic rings. The average Bonchev–Trinajstić information content (AvgIpc) is 2.15. The van der Waals surface area contributed by atoms with E-state index in [1.807, 2.05) is 0 Å². The molecule has 0 aromatic rings. The quantitative estimate of drug-likeness (QED) is 0.515. The van der Waals surface area contributed by atoms with E-state index in [0.29, 0.717) is 13.0 Å². The van der Waals surface area contributed by atoms with E-state index in [-0.39, 0.29) is 12.3 Å². The predicted molar refractivity (Wildman–Crippen MR) is 53.7 cm³/mol. The van der Waals surface area contributed by atoms with E-state index < -0.39 is 25.3 Å². The number of rotatable bonds is 3. The normalized spacial score (nSPS) is 29.8. The summed E-state index contributed by atoms with van der Waals surface area (Å²) in [5, 5.41) is 11.6. The number of aliphatic carboxylic acids is 1. The van der Waals surface area contributed by atoms with Crippen molar-refractivity contribution >= 4 is 13.6 Å². The Morgan fingerprint density at radius 3 is 2.60 bits per heavy atom. The lowest BCUT2D eigenvalue weighted by atomic mass is 9.90. The monoisotopic (exact) mass is 237 g/mol. The molecule has 0 amide bonds. The van der Waals surface area contributed by atoms with Gasteiger partial charge in [0.1, 0.15) is 6.04 Å². The van der Waals surface area contributed by atoms with Crippen LogP contribution in [-0.2, 0) is 9.36 Å². The number of carboxylic acid groups (broad SMARTS) is 1. The molecule has 0 aromatic carbocycles. The maximum Gasteiger partial charge on any atom is 0.328 e. The third-order valence-corrected chi connectivity index (χ3v) is 4.44. The summed E-state index contributed by atoms with van der Waals surface area (Å²) in [5.74, 6) is -1.19. The van der Waals surface area contributed by atoms with Gasteiger partial charge in [0.2, 0.25) is 0 Å². The van der Waals surface area contributed by atoms with Crippen LogP contribution in [0.15, 0.2) is 0 Å². The number of carbonyl (C=O) groups is 1. The van der Waals surface area contributed by atoms with Gasteiger partial charge < -0.3 is 20.2 Å². The molecule has 0 aromatic heterocycles. The third-order valence-electron chi connectivity index (χ3n) is 2.96. The molecule has 0 bridgehead atoms. The summed E-state index contributed by atoms with van der Waals surface area (Å²) >= 11 is 0. The predicted octanol–water partition coefficient (Wildman–Crippen LogP) is 0.00540. The molecule has 7 heteroatoms. The van der Waals surface area contributed by atoms with Gasteiger partial charge in [0.15, 0.2) is 0 Å². The summed E-state index contributed by atoms with van der Waals surface area (Å²) in [6.45, 7) is 1.97. The maximum atomic E-state index is 11.0. The largest absolute Gasteiger partial charge is 0.480 e. The van der Waals surface area contributed by atoms with Gasteiger partial charge in [0, 0.05) is 0 Å². The van der Waals surface area contributed by atoms with Crippen molar-refractivity contribution in [3.8, 4) is 0 Å². The second-order valence-corrected chi connectivity index (χ2v) is 5.95. The molecule has 1 saturated heterocycles. The van der Waals surface area contributed by atoms with Gasteiger partial charge in [-0.1, -0.05) is 6.92 Å². The zero-order chi connectivity index (χ0) is 11.6. The molecule has 1 heterocycles. The second kappa shape index (κ2) is 4.61. The molecule has 1 rings (SSSR count). The first-order chi connectivity index (χ1) is 6.82. The highest BCUT2D eigenvalue weighted by atomic mass is 31.2. The number of carboxylic acids is 1. The highest BCUT2D eigenvalue weighted by Gasteiger charge is 2.36. The van der Waals surface area contributed by atoms with E-state index in [1.54, 1.807) is 0 Å². The third kappa shape index (κ3) is 3.28. The Kier molecular flexibility index (Phi) is 3.89. The van der Waals surface area contributed by atoms with Crippen molar-refractivity contribution in [2.75, 3.05) is 6.54 Å². The van der Waals surface area contributed by atoms with Crippen LogP contribution in [0.2, 0.25) is 0 Å². The Morgan fingerprint density at radius 2 is 2.13 bits per heavy atom. The van der Waals surface area contributed by atoms with Crippen molar-refractivity contribution in [3.05, 3.63) is 0 Å². The second-order valence-electron chi connectivity index (χ2n) is 3.96. The molecule has 15 heavy (non-hydrogen) atoms. The van der Waals surface area contributed by atoms with Crippen molar-refractivity contribution in [1.29, 1.82) is 0 Å². The molecule has 0 aliphatic carbocycles. The van der Waals surface area contributed by atoms with Crippen molar-refractivity contribution in [2.45, 2.75) is 31.5 Å². The Bertz CT molecular complexity index is 289. The van der Waals surface area contributed by atoms with Gasteiger partial charge in [0.25, 0.3) is 0 Å². The first-order valence-electron chi connectivity index (χ1n) is 4.83. The molecule has 6 nitrogen and oxygen atoms in total. The number of piperidine rings is 1. The van der Waals surface area contributed by atoms with E-state index in [1.165, 1.54) is 6.92 Å². The summed E-state index contributed by atoms with van der Waals surface area (Å²) in [4.78, 5) is 28.7. The molecule has 88 valence electrons. The van der Waals surface area contributed by atoms with Crippen LogP contribution in [0.3, 0.4) is 0 Å². The van der Waals surface area contributed by atoms with Crippen LogP contribution < -0.4 is 5.32 Å². The summed E-state index contributed by atoms with van der Waals surface area (Å²) < 4.78 is 11.0. The van der Waals surface area contributed by atoms with E-state index in [9.17, 15) is 9.36 Å². The molecule has 4 N–H and O–H groups in total. The van der Waals surface area contributed by atoms with Crippen molar-refractivity contribution in [1.82, 2.24) is 5.32 Å². The maximum absolute atomic E-state index is 11.0. The topological polar surface area (TPSA) is 107 Å². The summed E-state index contributed by atoms with van der Waals surface area (Å²) in [5.41, 5.74) is -0.763. The Morgan fingerprint density at radius 1 is 1.53 bits per heavy atom. The van der Waals surface area contributed by atoms with E-state index in [2.05, 4.69) is 5.32 Å². The lowest BCUT2D eigenvalue weighted by Gasteiger charge is -2.32. The first-order valence-corrected chi connectivity index (χ1v) is 6.52. The van der Waals surface area contributed by atoms with Gasteiger partial charge >= 0.3 is 13.6 Å². The van der Waals surface area contributed by atoms with Crippen LogP contribution in [0.1, 0.15) is 19.8 Å². The molecule has 0 spiro atoms. The van der Waals surface area contributed by atoms with Crippen molar-refractivity contribution in [3.63, 3.8) is 0 Å². The van der Waals surface area contributed by atoms with Gasteiger partial charge in [0.05, 0.1) is 5.66 Å². The summed E-state index contributed by atoms with van der Waals surface area (Å²) in [6, 6.07) is -0.683. The van der Waals surface area contributed by atoms with Crippen molar-refractivity contribution < 1.29 is 24.3 Å². The van der Waals surface area contributed by atoms with Crippen LogP contribution >= 0.6 is 7.60 Å². The number of hydrogen-bond acceptors (Lipinski definition) is 3. The molecule has 1 unspecified atom stereocenters.